The first-order chi connectivity index (χ1) is 12.7. The highest BCUT2D eigenvalue weighted by molar-refractivity contribution is 6.11. The quantitative estimate of drug-likeness (QED) is 0.746. The highest BCUT2D eigenvalue weighted by Crippen LogP contribution is 2.35. The van der Waals surface area contributed by atoms with Crippen molar-refractivity contribution in [3.63, 3.8) is 0 Å². The second-order valence-electron chi connectivity index (χ2n) is 6.71. The van der Waals surface area contributed by atoms with Gasteiger partial charge in [-0.05, 0) is 36.6 Å². The third-order valence-corrected chi connectivity index (χ3v) is 5.17. The third kappa shape index (κ3) is 2.41. The average molecular weight is 333 g/mol. The molecule has 1 atom stereocenters. The van der Waals surface area contributed by atoms with Gasteiger partial charge in [0.05, 0.1) is 13.7 Å². The Labute approximate surface area is 147 Å². The number of rotatable bonds is 2. The number of aromatic amines is 1. The van der Waals surface area contributed by atoms with Gasteiger partial charge in [-0.15, -0.1) is 0 Å². The summed E-state index contributed by atoms with van der Waals surface area (Å²) in [5.74, 6) is 0.0266. The van der Waals surface area contributed by atoms with Gasteiger partial charge in [0, 0.05) is 28.0 Å². The Hall–Kier alpha value is -2.43. The predicted octanol–water partition coefficient (Wildman–Crippen LogP) is 3.97. The molecule has 2 aliphatic rings. The summed E-state index contributed by atoms with van der Waals surface area (Å²) in [6, 6.07) is 13.3. The van der Waals surface area contributed by atoms with E-state index in [0.29, 0.717) is 6.61 Å². The third-order valence-electron chi connectivity index (χ3n) is 5.17. The van der Waals surface area contributed by atoms with E-state index in [9.17, 15) is 4.79 Å². The number of hydrogen-bond donors (Lipinski definition) is 2. The number of benzene rings is 2. The van der Waals surface area contributed by atoms with Gasteiger partial charge < -0.3 is 15.0 Å². The number of ketones is 1. The lowest BCUT2D eigenvalue weighted by Gasteiger charge is -2.11. The molecule has 0 radical (unpaired) electrons. The maximum atomic E-state index is 12.3. The Morgan fingerprint density at radius 2 is 2.00 bits per heavy atom. The molecule has 3 heterocycles. The van der Waals surface area contributed by atoms with E-state index < -0.39 is 6.02 Å². The van der Waals surface area contributed by atoms with Crippen LogP contribution in [0.15, 0.2) is 42.5 Å². The van der Waals surface area contributed by atoms with Gasteiger partial charge >= 0.3 is 0 Å². The van der Waals surface area contributed by atoms with Crippen LogP contribution in [0, 0.1) is 0 Å². The lowest BCUT2D eigenvalue weighted by molar-refractivity contribution is 0.0742. The van der Waals surface area contributed by atoms with Crippen molar-refractivity contribution in [1.82, 2.24) is 10.3 Å². The number of hydrogen-bond acceptors (Lipinski definition) is 3. The maximum absolute atomic E-state index is 12.3. The first-order valence-corrected chi connectivity index (χ1v) is 8.76. The summed E-state index contributed by atoms with van der Waals surface area (Å²) in [6.07, 6.45) is 1.87. The van der Waals surface area contributed by atoms with E-state index in [1.807, 2.05) is 30.3 Å². The number of carbonyl (C=O) groups is 1. The van der Waals surface area contributed by atoms with Crippen LogP contribution in [-0.4, -0.2) is 23.9 Å². The van der Waals surface area contributed by atoms with Crippen LogP contribution in [0.4, 0.5) is 0 Å². The van der Waals surface area contributed by atoms with E-state index in [4.69, 9.17) is 6.11 Å². The Balaban J connectivity index is 1.62. The van der Waals surface area contributed by atoms with Crippen LogP contribution in [0.3, 0.4) is 0 Å². The number of ether oxygens (including phenoxy) is 1. The molecule has 5 rings (SSSR count). The molecule has 2 aliphatic heterocycles. The number of aromatic nitrogens is 1. The minimum atomic E-state index is -0.673. The molecule has 1 unspecified atom stereocenters. The fraction of sp³-hybridized carbons (Fsp3) is 0.286. The summed E-state index contributed by atoms with van der Waals surface area (Å²) < 4.78 is 14.2. The summed E-state index contributed by atoms with van der Waals surface area (Å²) in [6.45, 7) is 1.44. The molecule has 0 saturated carbocycles. The summed E-state index contributed by atoms with van der Waals surface area (Å²) in [4.78, 5) is 15.8. The molecule has 126 valence electrons. The van der Waals surface area contributed by atoms with Gasteiger partial charge in [0.1, 0.15) is 6.61 Å². The molecule has 0 amide bonds. The maximum Gasteiger partial charge on any atom is 0.189 e. The predicted molar refractivity (Wildman–Crippen MR) is 97.7 cm³/mol. The summed E-state index contributed by atoms with van der Waals surface area (Å²) in [5.41, 5.74) is 5.76. The fourth-order valence-corrected chi connectivity index (χ4v) is 3.94. The SMILES string of the molecule is [2H]C1(c2ccc(-c3[nH]c4cccc5c4c3COCC5=O)cc2)CCCN1. The van der Waals surface area contributed by atoms with Crippen molar-refractivity contribution < 1.29 is 10.9 Å². The van der Waals surface area contributed by atoms with E-state index in [-0.39, 0.29) is 12.4 Å². The fourth-order valence-electron chi connectivity index (χ4n) is 3.94. The van der Waals surface area contributed by atoms with Gasteiger partial charge in [-0.3, -0.25) is 4.79 Å². The smallest absolute Gasteiger partial charge is 0.189 e. The van der Waals surface area contributed by atoms with Crippen LogP contribution in [0.1, 0.15) is 41.7 Å². The van der Waals surface area contributed by atoms with E-state index in [1.54, 1.807) is 0 Å². The molecule has 1 aromatic heterocycles. The van der Waals surface area contributed by atoms with Gasteiger partial charge in [-0.1, -0.05) is 36.4 Å². The molecule has 4 nitrogen and oxygen atoms in total. The Bertz CT molecular complexity index is 1000. The topological polar surface area (TPSA) is 54.1 Å². The first-order valence-electron chi connectivity index (χ1n) is 9.26. The van der Waals surface area contributed by atoms with Crippen molar-refractivity contribution >= 4 is 16.7 Å². The molecular formula is C21H20N2O2. The highest BCUT2D eigenvalue weighted by atomic mass is 16.5. The van der Waals surface area contributed by atoms with Crippen LogP contribution < -0.4 is 5.32 Å². The molecule has 1 saturated heterocycles. The van der Waals surface area contributed by atoms with Gasteiger partial charge in [-0.25, -0.2) is 0 Å². The molecule has 0 aliphatic carbocycles. The summed E-state index contributed by atoms with van der Waals surface area (Å²) in [7, 11) is 0. The van der Waals surface area contributed by atoms with Crippen molar-refractivity contribution in [3.05, 3.63) is 59.2 Å². The standard InChI is InChI=1S/C21H20N2O2/c24-19-12-25-11-16-20-15(19)3-1-4-18(20)23-21(16)14-8-6-13(7-9-14)17-5-2-10-22-17/h1,3-4,6-9,17,22-23H,2,5,10-12H2/i17D. The second kappa shape index (κ2) is 5.83. The van der Waals surface area contributed by atoms with Crippen molar-refractivity contribution in [3.8, 4) is 11.3 Å². The van der Waals surface area contributed by atoms with E-state index in [1.165, 1.54) is 0 Å². The molecule has 2 N–H and O–H groups in total. The Kier molecular flexibility index (Phi) is 3.22. The molecule has 0 spiro atoms. The number of nitrogens with one attached hydrogen (secondary N) is 2. The average Bonchev–Trinajstić information content (AvgIpc) is 3.22. The second-order valence-corrected chi connectivity index (χ2v) is 6.71. The molecule has 25 heavy (non-hydrogen) atoms. The van der Waals surface area contributed by atoms with Crippen LogP contribution in [-0.2, 0) is 11.3 Å². The van der Waals surface area contributed by atoms with Crippen LogP contribution in [0.25, 0.3) is 22.2 Å². The highest BCUT2D eigenvalue weighted by Gasteiger charge is 2.23. The summed E-state index contributed by atoms with van der Waals surface area (Å²) in [5, 5.41) is 4.26. The van der Waals surface area contributed by atoms with Crippen molar-refractivity contribution in [2.24, 2.45) is 0 Å². The van der Waals surface area contributed by atoms with E-state index in [2.05, 4.69) is 22.4 Å². The molecule has 2 aromatic carbocycles. The lowest BCUT2D eigenvalue weighted by Crippen LogP contribution is -2.12. The Morgan fingerprint density at radius 1 is 1.12 bits per heavy atom. The molecule has 1 fully saturated rings. The van der Waals surface area contributed by atoms with Gasteiger partial charge in [-0.2, -0.15) is 0 Å². The first kappa shape index (κ1) is 13.8. The number of carbonyl (C=O) groups excluding carboxylic acids is 1. The molecule has 0 bridgehead atoms. The zero-order valence-electron chi connectivity index (χ0n) is 14.9. The number of H-pyrrole nitrogens is 1. The zero-order valence-corrected chi connectivity index (χ0v) is 13.9. The minimum Gasteiger partial charge on any atom is -0.369 e. The largest absolute Gasteiger partial charge is 0.369 e. The van der Waals surface area contributed by atoms with Crippen molar-refractivity contribution in [2.45, 2.75) is 25.5 Å². The Morgan fingerprint density at radius 3 is 2.80 bits per heavy atom. The zero-order chi connectivity index (χ0) is 17.7. The van der Waals surface area contributed by atoms with E-state index in [0.717, 1.165) is 58.2 Å². The lowest BCUT2D eigenvalue weighted by atomic mass is 9.99. The molecule has 4 heteroatoms. The van der Waals surface area contributed by atoms with Crippen LogP contribution in [0.2, 0.25) is 0 Å². The van der Waals surface area contributed by atoms with Crippen molar-refractivity contribution in [2.75, 3.05) is 13.2 Å². The van der Waals surface area contributed by atoms with Gasteiger partial charge in [0.2, 0.25) is 0 Å². The monoisotopic (exact) mass is 333 g/mol. The number of Topliss-reactive ketones (excluding diaryl/α,β-unsaturated/α-hetero) is 1. The van der Waals surface area contributed by atoms with Crippen molar-refractivity contribution in [1.29, 1.82) is 0 Å². The van der Waals surface area contributed by atoms with Crippen LogP contribution >= 0.6 is 0 Å². The summed E-state index contributed by atoms with van der Waals surface area (Å²) >= 11 is 0. The molecule has 3 aromatic rings. The molecular weight excluding hydrogens is 312 g/mol. The van der Waals surface area contributed by atoms with Gasteiger partial charge in [0.15, 0.2) is 5.78 Å². The van der Waals surface area contributed by atoms with Gasteiger partial charge in [0.25, 0.3) is 0 Å². The van der Waals surface area contributed by atoms with E-state index >= 15 is 0 Å². The normalized spacial score (nSPS) is 23.7. The van der Waals surface area contributed by atoms with Crippen LogP contribution in [0.5, 0.6) is 0 Å². The minimum absolute atomic E-state index is 0.0266.